The summed E-state index contributed by atoms with van der Waals surface area (Å²) in [6.07, 6.45) is 1.12. The van der Waals surface area contributed by atoms with E-state index in [9.17, 15) is 4.79 Å². The number of rotatable bonds is 3. The third-order valence-electron chi connectivity index (χ3n) is 2.32. The van der Waals surface area contributed by atoms with Crippen LogP contribution in [0.25, 0.3) is 0 Å². The molecule has 3 heteroatoms. The maximum Gasteiger partial charge on any atom is 0.308 e. The van der Waals surface area contributed by atoms with Crippen molar-refractivity contribution < 1.29 is 9.53 Å². The summed E-state index contributed by atoms with van der Waals surface area (Å²) in [5.74, 6) is 7.81. The van der Waals surface area contributed by atoms with Crippen molar-refractivity contribution in [3.63, 3.8) is 0 Å². The zero-order chi connectivity index (χ0) is 14.1. The van der Waals surface area contributed by atoms with Gasteiger partial charge >= 0.3 is 5.97 Å². The van der Waals surface area contributed by atoms with Crippen molar-refractivity contribution in [3.8, 4) is 5.75 Å². The molecule has 0 saturated carbocycles. The number of hydrogen-bond acceptors (Lipinski definition) is 2. The highest BCUT2D eigenvalue weighted by Gasteiger charge is 2.03. The van der Waals surface area contributed by atoms with E-state index in [-0.39, 0.29) is 20.1 Å². The average molecular weight is 264 g/mol. The van der Waals surface area contributed by atoms with Crippen LogP contribution in [0.3, 0.4) is 0 Å². The van der Waals surface area contributed by atoms with Gasteiger partial charge in [0, 0.05) is 6.92 Å². The Kier molecular flexibility index (Phi) is 8.80. The van der Waals surface area contributed by atoms with Crippen molar-refractivity contribution in [1.82, 2.24) is 0 Å². The summed E-state index contributed by atoms with van der Waals surface area (Å²) in [7, 11) is 0. The molecule has 0 spiro atoms. The van der Waals surface area contributed by atoms with E-state index in [0.717, 1.165) is 6.42 Å². The molecule has 100 valence electrons. The number of carbonyl (C=O) groups is 1. The molecule has 0 aliphatic heterocycles. The quantitative estimate of drug-likeness (QED) is 0.456. The molecule has 0 heterocycles. The van der Waals surface area contributed by atoms with Gasteiger partial charge in [-0.2, -0.15) is 0 Å². The van der Waals surface area contributed by atoms with Crippen LogP contribution >= 0.6 is 0 Å². The van der Waals surface area contributed by atoms with Crippen molar-refractivity contribution >= 4 is 20.1 Å². The molecule has 1 aromatic rings. The molecule has 0 fully saturated rings. The van der Waals surface area contributed by atoms with Crippen LogP contribution < -0.4 is 4.74 Å². The van der Waals surface area contributed by atoms with Gasteiger partial charge in [0.05, 0.1) is 0 Å². The van der Waals surface area contributed by atoms with E-state index in [1.54, 1.807) is 0 Å². The largest absolute Gasteiger partial charge is 0.427 e. The first kappa shape index (κ1) is 17.2. The van der Waals surface area contributed by atoms with E-state index >= 15 is 0 Å². The fourth-order valence-corrected chi connectivity index (χ4v) is 1.27. The summed E-state index contributed by atoms with van der Waals surface area (Å²) < 4.78 is 4.94. The van der Waals surface area contributed by atoms with Crippen LogP contribution in [-0.4, -0.2) is 20.1 Å². The van der Waals surface area contributed by atoms with Crippen molar-refractivity contribution in [1.29, 1.82) is 0 Å². The van der Waals surface area contributed by atoms with Gasteiger partial charge in [-0.25, -0.2) is 0 Å². The lowest BCUT2D eigenvalue weighted by molar-refractivity contribution is -0.131. The molecule has 0 radical (unpaired) electrons. The molecule has 0 bridgehead atoms. The van der Waals surface area contributed by atoms with Gasteiger partial charge in [-0.1, -0.05) is 26.0 Å². The molecule has 1 rings (SSSR count). The number of hydrogen-bond donors (Lipinski definition) is 0. The number of ether oxygens (including phenoxy) is 1. The summed E-state index contributed by atoms with van der Waals surface area (Å²) >= 11 is -0.139. The summed E-state index contributed by atoms with van der Waals surface area (Å²) in [6, 6.07) is 7.69. The van der Waals surface area contributed by atoms with Crippen molar-refractivity contribution in [2.24, 2.45) is 0 Å². The Hall–Kier alpha value is -0.778. The third-order valence-corrected chi connectivity index (χ3v) is 2.32. The van der Waals surface area contributed by atoms with E-state index in [2.05, 4.69) is 31.2 Å². The van der Waals surface area contributed by atoms with Gasteiger partial charge in [0.25, 0.3) is 14.1 Å². The standard InChI is InChI=1S/C12H16O2.3CH3.Al/c1-4-9(2)11-5-7-12(8-6-11)14-10(3)13;;;;/h5-9H,4H2,1-3H3;3*1H3;. The van der Waals surface area contributed by atoms with E-state index in [0.29, 0.717) is 11.7 Å². The minimum atomic E-state index is -0.277. The first-order chi connectivity index (χ1) is 8.36. The maximum absolute atomic E-state index is 10.7. The minimum absolute atomic E-state index is 0.139. The molecule has 18 heavy (non-hydrogen) atoms. The van der Waals surface area contributed by atoms with Crippen LogP contribution in [0.2, 0.25) is 17.4 Å². The predicted octanol–water partition coefficient (Wildman–Crippen LogP) is 4.50. The van der Waals surface area contributed by atoms with Gasteiger partial charge in [-0.15, -0.1) is 17.4 Å². The average Bonchev–Trinajstić information content (AvgIpc) is 2.27. The molecule has 0 aliphatic carbocycles. The molecule has 0 N–H and O–H groups in total. The topological polar surface area (TPSA) is 26.3 Å². The van der Waals surface area contributed by atoms with E-state index < -0.39 is 0 Å². The second kappa shape index (κ2) is 9.19. The van der Waals surface area contributed by atoms with Gasteiger partial charge < -0.3 is 4.74 Å². The first-order valence-electron chi connectivity index (χ1n) is 6.65. The van der Waals surface area contributed by atoms with Crippen LogP contribution in [0.1, 0.15) is 38.7 Å². The van der Waals surface area contributed by atoms with Crippen LogP contribution in [0.15, 0.2) is 24.3 Å². The van der Waals surface area contributed by atoms with Crippen LogP contribution in [0.4, 0.5) is 0 Å². The third kappa shape index (κ3) is 8.33. The SMILES string of the molecule is CCC(C)c1ccc(OC(C)=O)cc1.[CH3][Al]([CH3])[CH3]. The van der Waals surface area contributed by atoms with Crippen molar-refractivity contribution in [2.75, 3.05) is 0 Å². The Morgan fingerprint density at radius 1 is 1.22 bits per heavy atom. The van der Waals surface area contributed by atoms with Gasteiger partial charge in [-0.05, 0) is 30.0 Å². The zero-order valence-electron chi connectivity index (χ0n) is 12.5. The Labute approximate surface area is 116 Å². The molecule has 1 aromatic carbocycles. The van der Waals surface area contributed by atoms with E-state index in [1.165, 1.54) is 12.5 Å². The number of esters is 1. The Balaban J connectivity index is 0.000000631. The second-order valence-corrected chi connectivity index (χ2v) is 8.67. The highest BCUT2D eigenvalue weighted by molar-refractivity contribution is 6.54. The second-order valence-electron chi connectivity index (χ2n) is 5.20. The lowest BCUT2D eigenvalue weighted by Crippen LogP contribution is -2.01. The molecule has 0 saturated heterocycles. The zero-order valence-corrected chi connectivity index (χ0v) is 13.6. The lowest BCUT2D eigenvalue weighted by Gasteiger charge is -2.09. The smallest absolute Gasteiger partial charge is 0.308 e. The van der Waals surface area contributed by atoms with E-state index in [1.807, 2.05) is 24.3 Å². The fourth-order valence-electron chi connectivity index (χ4n) is 1.27. The molecule has 1 unspecified atom stereocenters. The first-order valence-corrected chi connectivity index (χ1v) is 10.1. The molecule has 1 atom stereocenters. The fraction of sp³-hybridized carbons (Fsp3) is 0.533. The normalized spacial score (nSPS) is 11.0. The Bertz CT molecular complexity index is 341. The Morgan fingerprint density at radius 2 is 1.67 bits per heavy atom. The van der Waals surface area contributed by atoms with Crippen molar-refractivity contribution in [2.45, 2.75) is 50.5 Å². The van der Waals surface area contributed by atoms with Crippen LogP contribution in [0, 0.1) is 0 Å². The van der Waals surface area contributed by atoms with Gasteiger partial charge in [-0.3, -0.25) is 4.79 Å². The monoisotopic (exact) mass is 264 g/mol. The summed E-state index contributed by atoms with van der Waals surface area (Å²) in [4.78, 5) is 10.7. The summed E-state index contributed by atoms with van der Waals surface area (Å²) in [5.41, 5.74) is 1.28. The van der Waals surface area contributed by atoms with Gasteiger partial charge in [0.15, 0.2) is 0 Å². The molecule has 0 aromatic heterocycles. The van der Waals surface area contributed by atoms with Crippen LogP contribution in [0.5, 0.6) is 5.75 Å². The summed E-state index contributed by atoms with van der Waals surface area (Å²) in [6.45, 7) is 5.74. The molecular formula is C15H25AlO2. The summed E-state index contributed by atoms with van der Waals surface area (Å²) in [5, 5.41) is 0. The minimum Gasteiger partial charge on any atom is -0.427 e. The van der Waals surface area contributed by atoms with Crippen molar-refractivity contribution in [3.05, 3.63) is 29.8 Å². The van der Waals surface area contributed by atoms with Crippen LogP contribution in [-0.2, 0) is 4.79 Å². The molecular weight excluding hydrogens is 239 g/mol. The highest BCUT2D eigenvalue weighted by atomic mass is 27.2. The molecule has 0 amide bonds. The molecule has 0 aliphatic rings. The van der Waals surface area contributed by atoms with Gasteiger partial charge in [0.1, 0.15) is 5.75 Å². The Morgan fingerprint density at radius 3 is 2.00 bits per heavy atom. The number of carbonyl (C=O) groups excluding carboxylic acids is 1. The lowest BCUT2D eigenvalue weighted by atomic mass is 9.99. The number of benzene rings is 1. The molecule has 2 nitrogen and oxygen atoms in total. The highest BCUT2D eigenvalue weighted by Crippen LogP contribution is 2.21. The maximum atomic E-state index is 10.7. The predicted molar refractivity (Wildman–Crippen MR) is 79.8 cm³/mol. The van der Waals surface area contributed by atoms with E-state index in [4.69, 9.17) is 4.74 Å². The van der Waals surface area contributed by atoms with Gasteiger partial charge in [0.2, 0.25) is 0 Å².